The van der Waals surface area contributed by atoms with Gasteiger partial charge in [0.05, 0.1) is 5.56 Å². The van der Waals surface area contributed by atoms with Gasteiger partial charge in [-0.25, -0.2) is 9.97 Å². The van der Waals surface area contributed by atoms with Gasteiger partial charge in [-0.3, -0.25) is 9.78 Å². The Bertz CT molecular complexity index is 1120. The van der Waals surface area contributed by atoms with Gasteiger partial charge in [0.1, 0.15) is 36.0 Å². The van der Waals surface area contributed by atoms with E-state index in [0.29, 0.717) is 23.0 Å². The Labute approximate surface area is 185 Å². The number of nitrogen functional groups attached to an aromatic ring is 1. The predicted octanol–water partition coefficient (Wildman–Crippen LogP) is 3.47. The summed E-state index contributed by atoms with van der Waals surface area (Å²) in [4.78, 5) is 25.1. The van der Waals surface area contributed by atoms with Gasteiger partial charge in [-0.1, -0.05) is 12.1 Å². The molecule has 8 heteroatoms. The van der Waals surface area contributed by atoms with Gasteiger partial charge in [-0.05, 0) is 48.7 Å². The molecule has 3 aromatic rings. The van der Waals surface area contributed by atoms with Gasteiger partial charge in [0.2, 0.25) is 5.88 Å². The van der Waals surface area contributed by atoms with E-state index in [1.807, 2.05) is 30.5 Å². The molecule has 162 valence electrons. The standard InChI is InChI=1S/C24H23N5O3/c25-22-21(17-2-4-18(5-3-17)31-19-6-8-26-9-7-19)23(28-16-27-22)32-20-12-24(13-20)14-29(15-24)10-1-11-30/h1-11,16,20H,12-15H2,(H2,25,27,28). The van der Waals surface area contributed by atoms with E-state index in [-0.39, 0.29) is 11.5 Å². The van der Waals surface area contributed by atoms with E-state index < -0.39 is 0 Å². The molecule has 0 atom stereocenters. The average molecular weight is 429 g/mol. The van der Waals surface area contributed by atoms with Crippen molar-refractivity contribution >= 4 is 12.1 Å². The number of anilines is 1. The molecule has 2 aliphatic rings. The molecule has 1 aliphatic heterocycles. The van der Waals surface area contributed by atoms with Crippen molar-refractivity contribution < 1.29 is 14.3 Å². The summed E-state index contributed by atoms with van der Waals surface area (Å²) in [5.41, 5.74) is 8.03. The van der Waals surface area contributed by atoms with E-state index in [9.17, 15) is 4.79 Å². The zero-order chi connectivity index (χ0) is 22.0. The molecule has 2 aromatic heterocycles. The fourth-order valence-corrected chi connectivity index (χ4v) is 4.46. The number of carbonyl (C=O) groups excluding carboxylic acids is 1. The summed E-state index contributed by atoms with van der Waals surface area (Å²) in [5.74, 6) is 2.30. The van der Waals surface area contributed by atoms with Crippen molar-refractivity contribution in [3.63, 3.8) is 0 Å². The van der Waals surface area contributed by atoms with Crippen LogP contribution in [-0.2, 0) is 4.79 Å². The van der Waals surface area contributed by atoms with Crippen LogP contribution in [0.4, 0.5) is 5.82 Å². The Hall–Kier alpha value is -3.94. The highest BCUT2D eigenvalue weighted by Crippen LogP contribution is 2.50. The SMILES string of the molecule is Nc1ncnc(OC2CC3(C2)CN(C=CC=O)C3)c1-c1ccc(Oc2ccncc2)cc1. The number of hydrogen-bond acceptors (Lipinski definition) is 8. The van der Waals surface area contributed by atoms with Gasteiger partial charge in [-0.15, -0.1) is 0 Å². The van der Waals surface area contributed by atoms with E-state index in [2.05, 4.69) is 19.9 Å². The molecule has 0 unspecified atom stereocenters. The molecule has 8 nitrogen and oxygen atoms in total. The number of aldehydes is 1. The van der Waals surface area contributed by atoms with Crippen LogP contribution in [0.1, 0.15) is 12.8 Å². The first-order chi connectivity index (χ1) is 15.6. The molecule has 2 fully saturated rings. The van der Waals surface area contributed by atoms with Crippen molar-refractivity contribution in [2.45, 2.75) is 18.9 Å². The van der Waals surface area contributed by atoms with Crippen LogP contribution in [-0.4, -0.2) is 45.3 Å². The molecule has 2 N–H and O–H groups in total. The molecular weight excluding hydrogens is 406 g/mol. The lowest BCUT2D eigenvalue weighted by molar-refractivity contribution is -0.106. The van der Waals surface area contributed by atoms with Gasteiger partial charge < -0.3 is 20.1 Å². The van der Waals surface area contributed by atoms with Crippen LogP contribution in [0.15, 0.2) is 67.4 Å². The lowest BCUT2D eigenvalue weighted by atomic mass is 9.62. The Balaban J connectivity index is 1.26. The average Bonchev–Trinajstić information content (AvgIpc) is 2.75. The quantitative estimate of drug-likeness (QED) is 0.450. The van der Waals surface area contributed by atoms with E-state index in [0.717, 1.165) is 43.5 Å². The molecule has 1 saturated heterocycles. The van der Waals surface area contributed by atoms with Crippen molar-refractivity contribution in [3.05, 3.63) is 67.4 Å². The van der Waals surface area contributed by atoms with Crippen LogP contribution in [0.5, 0.6) is 17.4 Å². The molecule has 32 heavy (non-hydrogen) atoms. The van der Waals surface area contributed by atoms with Crippen LogP contribution >= 0.6 is 0 Å². The maximum absolute atomic E-state index is 10.5. The molecule has 5 rings (SSSR count). The highest BCUT2D eigenvalue weighted by molar-refractivity contribution is 5.78. The number of likely N-dealkylation sites (tertiary alicyclic amines) is 1. The van der Waals surface area contributed by atoms with Crippen LogP contribution < -0.4 is 15.2 Å². The highest BCUT2D eigenvalue weighted by Gasteiger charge is 2.53. The number of hydrogen-bond donors (Lipinski definition) is 1. The van der Waals surface area contributed by atoms with Gasteiger partial charge in [0.25, 0.3) is 0 Å². The molecule has 1 aromatic carbocycles. The molecule has 1 spiro atoms. The largest absolute Gasteiger partial charge is 0.474 e. The maximum atomic E-state index is 10.5. The lowest BCUT2D eigenvalue weighted by Crippen LogP contribution is -2.62. The summed E-state index contributed by atoms with van der Waals surface area (Å²) < 4.78 is 12.1. The van der Waals surface area contributed by atoms with Crippen LogP contribution in [0, 0.1) is 5.41 Å². The minimum absolute atomic E-state index is 0.0922. The molecule has 1 aliphatic carbocycles. The first-order valence-electron chi connectivity index (χ1n) is 10.5. The number of aromatic nitrogens is 3. The van der Waals surface area contributed by atoms with E-state index in [1.165, 1.54) is 12.4 Å². The van der Waals surface area contributed by atoms with Crippen LogP contribution in [0.2, 0.25) is 0 Å². The number of allylic oxidation sites excluding steroid dienone is 1. The summed E-state index contributed by atoms with van der Waals surface area (Å²) in [6, 6.07) is 11.2. The van der Waals surface area contributed by atoms with Gasteiger partial charge in [-0.2, -0.15) is 0 Å². The summed E-state index contributed by atoms with van der Waals surface area (Å²) >= 11 is 0. The molecule has 0 bridgehead atoms. The van der Waals surface area contributed by atoms with E-state index >= 15 is 0 Å². The molecule has 0 radical (unpaired) electrons. The second-order valence-corrected chi connectivity index (χ2v) is 8.28. The summed E-state index contributed by atoms with van der Waals surface area (Å²) in [6.45, 7) is 1.91. The zero-order valence-electron chi connectivity index (χ0n) is 17.4. The summed E-state index contributed by atoms with van der Waals surface area (Å²) in [6.07, 6.45) is 11.0. The Morgan fingerprint density at radius 1 is 1.03 bits per heavy atom. The first kappa shape index (κ1) is 20.0. The van der Waals surface area contributed by atoms with Gasteiger partial charge in [0, 0.05) is 37.1 Å². The van der Waals surface area contributed by atoms with Gasteiger partial charge >= 0.3 is 0 Å². The van der Waals surface area contributed by atoms with E-state index in [4.69, 9.17) is 15.2 Å². The van der Waals surface area contributed by atoms with Gasteiger partial charge in [0.15, 0.2) is 0 Å². The monoisotopic (exact) mass is 429 g/mol. The fraction of sp³-hybridized carbons (Fsp3) is 0.250. The number of nitrogens with two attached hydrogens (primary N) is 1. The number of benzene rings is 1. The van der Waals surface area contributed by atoms with Crippen LogP contribution in [0.3, 0.4) is 0 Å². The maximum Gasteiger partial charge on any atom is 0.226 e. The molecule has 3 heterocycles. The number of pyridine rings is 1. The third-order valence-electron chi connectivity index (χ3n) is 5.92. The van der Waals surface area contributed by atoms with Crippen molar-refractivity contribution in [1.82, 2.24) is 19.9 Å². The number of rotatable bonds is 7. The second-order valence-electron chi connectivity index (χ2n) is 8.28. The molecular formula is C24H23N5O3. The minimum atomic E-state index is 0.0922. The Kier molecular flexibility index (Phi) is 5.18. The van der Waals surface area contributed by atoms with Crippen molar-refractivity contribution in [2.24, 2.45) is 5.41 Å². The Morgan fingerprint density at radius 3 is 2.47 bits per heavy atom. The smallest absolute Gasteiger partial charge is 0.226 e. The Morgan fingerprint density at radius 2 is 1.75 bits per heavy atom. The normalized spacial score (nSPS) is 17.1. The number of carbonyl (C=O) groups is 1. The summed E-state index contributed by atoms with van der Waals surface area (Å²) in [5, 5.41) is 0. The van der Waals surface area contributed by atoms with E-state index in [1.54, 1.807) is 24.5 Å². The fourth-order valence-electron chi connectivity index (χ4n) is 4.46. The first-order valence-corrected chi connectivity index (χ1v) is 10.5. The summed E-state index contributed by atoms with van der Waals surface area (Å²) in [7, 11) is 0. The predicted molar refractivity (Wildman–Crippen MR) is 119 cm³/mol. The molecule has 0 amide bonds. The lowest BCUT2D eigenvalue weighted by Gasteiger charge is -2.58. The minimum Gasteiger partial charge on any atom is -0.474 e. The number of nitrogens with zero attached hydrogens (tertiary/aromatic N) is 4. The van der Waals surface area contributed by atoms with Crippen LogP contribution in [0.25, 0.3) is 11.1 Å². The third kappa shape index (κ3) is 3.99. The molecule has 1 saturated carbocycles. The highest BCUT2D eigenvalue weighted by atomic mass is 16.5. The number of ether oxygens (including phenoxy) is 2. The van der Waals surface area contributed by atoms with Crippen molar-refractivity contribution in [1.29, 1.82) is 0 Å². The second kappa shape index (κ2) is 8.30. The van der Waals surface area contributed by atoms with Crippen molar-refractivity contribution in [3.8, 4) is 28.5 Å². The topological polar surface area (TPSA) is 103 Å². The third-order valence-corrected chi connectivity index (χ3v) is 5.92. The zero-order valence-corrected chi connectivity index (χ0v) is 17.4. The van der Waals surface area contributed by atoms with Crippen molar-refractivity contribution in [2.75, 3.05) is 18.8 Å².